The van der Waals surface area contributed by atoms with E-state index in [1.165, 1.54) is 6.20 Å². The lowest BCUT2D eigenvalue weighted by molar-refractivity contribution is -0.137. The quantitative estimate of drug-likeness (QED) is 0.452. The molecular formula is C19H14F3N3OS. The van der Waals surface area contributed by atoms with E-state index in [1.54, 1.807) is 6.20 Å². The molecule has 0 amide bonds. The number of alkyl halides is 3. The van der Waals surface area contributed by atoms with Crippen LogP contribution in [0, 0.1) is 6.92 Å². The Hall–Kier alpha value is -2.87. The van der Waals surface area contributed by atoms with Gasteiger partial charge in [-0.1, -0.05) is 6.07 Å². The number of hydrogen-bond donors (Lipinski definition) is 0. The summed E-state index contributed by atoms with van der Waals surface area (Å²) in [5, 5.41) is 0.0323. The van der Waals surface area contributed by atoms with E-state index in [0.29, 0.717) is 34.4 Å². The summed E-state index contributed by atoms with van der Waals surface area (Å²) < 4.78 is 46.0. The third-order valence-corrected chi connectivity index (χ3v) is 5.03. The SMILES string of the molecule is Cc1ccnc(Oc2cccc3c2ccn3Cc2cnc(C(F)(F)F)s2)c1. The maximum atomic E-state index is 12.7. The summed E-state index contributed by atoms with van der Waals surface area (Å²) in [4.78, 5) is 8.21. The third kappa shape index (κ3) is 3.66. The Bertz CT molecular complexity index is 1100. The second-order valence-electron chi connectivity index (χ2n) is 6.04. The number of nitrogens with zero attached hydrogens (tertiary/aromatic N) is 3. The molecule has 0 saturated carbocycles. The maximum absolute atomic E-state index is 12.7. The molecule has 4 nitrogen and oxygen atoms in total. The lowest BCUT2D eigenvalue weighted by Gasteiger charge is -2.08. The molecule has 3 heterocycles. The van der Waals surface area contributed by atoms with Crippen molar-refractivity contribution < 1.29 is 17.9 Å². The molecule has 3 aromatic heterocycles. The van der Waals surface area contributed by atoms with Crippen LogP contribution in [0.3, 0.4) is 0 Å². The van der Waals surface area contributed by atoms with Gasteiger partial charge in [-0.05, 0) is 36.8 Å². The van der Waals surface area contributed by atoms with Crippen LogP contribution in [-0.2, 0) is 12.7 Å². The third-order valence-electron chi connectivity index (χ3n) is 4.00. The Kier molecular flexibility index (Phi) is 4.35. The van der Waals surface area contributed by atoms with E-state index in [9.17, 15) is 13.2 Å². The molecule has 4 aromatic rings. The van der Waals surface area contributed by atoms with Crippen molar-refractivity contribution in [2.75, 3.05) is 0 Å². The van der Waals surface area contributed by atoms with Crippen molar-refractivity contribution in [3.8, 4) is 11.6 Å². The van der Waals surface area contributed by atoms with E-state index in [-0.39, 0.29) is 0 Å². The molecule has 0 atom stereocenters. The molecule has 0 radical (unpaired) electrons. The Morgan fingerprint density at radius 1 is 1.15 bits per heavy atom. The van der Waals surface area contributed by atoms with Gasteiger partial charge in [-0.15, -0.1) is 11.3 Å². The molecule has 0 aliphatic heterocycles. The first-order chi connectivity index (χ1) is 12.9. The van der Waals surface area contributed by atoms with Gasteiger partial charge in [0.25, 0.3) is 0 Å². The summed E-state index contributed by atoms with van der Waals surface area (Å²) >= 11 is 0.657. The van der Waals surface area contributed by atoms with Gasteiger partial charge in [-0.2, -0.15) is 13.2 Å². The molecule has 4 rings (SSSR count). The van der Waals surface area contributed by atoms with Crippen LogP contribution in [0.15, 0.2) is 55.0 Å². The molecular weight excluding hydrogens is 375 g/mol. The molecule has 0 saturated heterocycles. The lowest BCUT2D eigenvalue weighted by atomic mass is 10.2. The average molecular weight is 389 g/mol. The number of thiazole rings is 1. The zero-order chi connectivity index (χ0) is 19.0. The number of benzene rings is 1. The Morgan fingerprint density at radius 2 is 2.00 bits per heavy atom. The van der Waals surface area contributed by atoms with Crippen LogP contribution in [0.5, 0.6) is 11.6 Å². The Labute approximate surface area is 156 Å². The predicted octanol–water partition coefficient (Wildman–Crippen LogP) is 5.66. The highest BCUT2D eigenvalue weighted by atomic mass is 32.1. The van der Waals surface area contributed by atoms with E-state index in [1.807, 2.05) is 54.1 Å². The van der Waals surface area contributed by atoms with Crippen LogP contribution in [0.25, 0.3) is 10.9 Å². The minimum Gasteiger partial charge on any atom is -0.438 e. The van der Waals surface area contributed by atoms with Crippen LogP contribution in [-0.4, -0.2) is 14.5 Å². The van der Waals surface area contributed by atoms with Gasteiger partial charge < -0.3 is 9.30 Å². The number of rotatable bonds is 4. The fourth-order valence-electron chi connectivity index (χ4n) is 2.78. The van der Waals surface area contributed by atoms with Crippen LogP contribution in [0.2, 0.25) is 0 Å². The molecule has 0 unspecified atom stereocenters. The molecule has 0 fully saturated rings. The molecule has 27 heavy (non-hydrogen) atoms. The summed E-state index contributed by atoms with van der Waals surface area (Å²) in [7, 11) is 0. The van der Waals surface area contributed by atoms with Crippen molar-refractivity contribution in [1.29, 1.82) is 0 Å². The first-order valence-electron chi connectivity index (χ1n) is 8.10. The largest absolute Gasteiger partial charge is 0.443 e. The van der Waals surface area contributed by atoms with Gasteiger partial charge in [0.2, 0.25) is 5.88 Å². The normalized spacial score (nSPS) is 11.9. The number of aromatic nitrogens is 3. The standard InChI is InChI=1S/C19H14F3N3OS/c1-12-5-7-23-17(9-12)26-16-4-2-3-15-14(16)6-8-25(15)11-13-10-24-18(27-13)19(20,21)22/h2-10H,11H2,1H3. The van der Waals surface area contributed by atoms with Gasteiger partial charge in [0, 0.05) is 34.9 Å². The number of fused-ring (bicyclic) bond motifs is 1. The van der Waals surface area contributed by atoms with Crippen molar-refractivity contribution in [2.45, 2.75) is 19.6 Å². The molecule has 0 N–H and O–H groups in total. The molecule has 0 spiro atoms. The van der Waals surface area contributed by atoms with Gasteiger partial charge in [-0.25, -0.2) is 9.97 Å². The molecule has 8 heteroatoms. The van der Waals surface area contributed by atoms with Crippen molar-refractivity contribution >= 4 is 22.2 Å². The number of ether oxygens (including phenoxy) is 1. The van der Waals surface area contributed by atoms with Crippen molar-refractivity contribution in [3.05, 3.63) is 70.4 Å². The van der Waals surface area contributed by atoms with E-state index >= 15 is 0 Å². The van der Waals surface area contributed by atoms with Gasteiger partial charge >= 0.3 is 6.18 Å². The minimum absolute atomic E-state index is 0.309. The first kappa shape index (κ1) is 17.5. The fourth-order valence-corrected chi connectivity index (χ4v) is 3.56. The molecule has 0 bridgehead atoms. The maximum Gasteiger partial charge on any atom is 0.443 e. The molecule has 1 aromatic carbocycles. The van der Waals surface area contributed by atoms with E-state index in [4.69, 9.17) is 4.74 Å². The summed E-state index contributed by atoms with van der Waals surface area (Å²) in [6.45, 7) is 2.26. The van der Waals surface area contributed by atoms with Gasteiger partial charge in [0.15, 0.2) is 5.01 Å². The van der Waals surface area contributed by atoms with Crippen LogP contribution < -0.4 is 4.74 Å². The highest BCUT2D eigenvalue weighted by molar-refractivity contribution is 7.11. The summed E-state index contributed by atoms with van der Waals surface area (Å²) in [5.74, 6) is 1.14. The highest BCUT2D eigenvalue weighted by Gasteiger charge is 2.34. The first-order valence-corrected chi connectivity index (χ1v) is 8.92. The summed E-state index contributed by atoms with van der Waals surface area (Å²) in [6.07, 6.45) is 0.367. The average Bonchev–Trinajstić information content (AvgIpc) is 3.23. The predicted molar refractivity (Wildman–Crippen MR) is 97.2 cm³/mol. The number of pyridine rings is 1. The fraction of sp³-hybridized carbons (Fsp3) is 0.158. The second kappa shape index (κ2) is 6.70. The Balaban J connectivity index is 1.63. The topological polar surface area (TPSA) is 39.9 Å². The zero-order valence-corrected chi connectivity index (χ0v) is 15.0. The monoisotopic (exact) mass is 389 g/mol. The summed E-state index contributed by atoms with van der Waals surface area (Å²) in [5.41, 5.74) is 1.90. The van der Waals surface area contributed by atoms with Crippen molar-refractivity contribution in [3.63, 3.8) is 0 Å². The van der Waals surface area contributed by atoms with E-state index in [0.717, 1.165) is 16.5 Å². The van der Waals surface area contributed by atoms with Crippen LogP contribution in [0.1, 0.15) is 15.4 Å². The zero-order valence-electron chi connectivity index (χ0n) is 14.2. The Morgan fingerprint density at radius 3 is 2.74 bits per heavy atom. The van der Waals surface area contributed by atoms with Crippen LogP contribution >= 0.6 is 11.3 Å². The second-order valence-corrected chi connectivity index (χ2v) is 7.15. The molecule has 0 aliphatic carbocycles. The van der Waals surface area contributed by atoms with E-state index in [2.05, 4.69) is 9.97 Å². The lowest BCUT2D eigenvalue weighted by Crippen LogP contribution is -2.02. The summed E-state index contributed by atoms with van der Waals surface area (Å²) in [6, 6.07) is 11.2. The smallest absolute Gasteiger partial charge is 0.438 e. The highest BCUT2D eigenvalue weighted by Crippen LogP contribution is 2.34. The number of aryl methyl sites for hydroxylation is 1. The van der Waals surface area contributed by atoms with Gasteiger partial charge in [0.1, 0.15) is 5.75 Å². The van der Waals surface area contributed by atoms with Gasteiger partial charge in [-0.3, -0.25) is 0 Å². The molecule has 138 valence electrons. The number of halogens is 3. The van der Waals surface area contributed by atoms with Crippen LogP contribution in [0.4, 0.5) is 13.2 Å². The molecule has 0 aliphatic rings. The minimum atomic E-state index is -4.41. The van der Waals surface area contributed by atoms with Crippen molar-refractivity contribution in [2.24, 2.45) is 0 Å². The van der Waals surface area contributed by atoms with Gasteiger partial charge in [0.05, 0.1) is 12.1 Å². The van der Waals surface area contributed by atoms with Crippen molar-refractivity contribution in [1.82, 2.24) is 14.5 Å². The number of hydrogen-bond acceptors (Lipinski definition) is 4. The van der Waals surface area contributed by atoms with E-state index < -0.39 is 11.2 Å².